The van der Waals surface area contributed by atoms with Gasteiger partial charge in [0, 0.05) is 51.6 Å². The first kappa shape index (κ1) is 18.5. The molecule has 8 heteroatoms. The second kappa shape index (κ2) is 8.00. The first-order valence-corrected chi connectivity index (χ1v) is 9.80. The van der Waals surface area contributed by atoms with Crippen LogP contribution in [0.5, 0.6) is 0 Å². The summed E-state index contributed by atoms with van der Waals surface area (Å²) in [5.41, 5.74) is 2.48. The Kier molecular flexibility index (Phi) is 5.27. The Hall–Kier alpha value is -2.90. The van der Waals surface area contributed by atoms with Gasteiger partial charge in [0.2, 0.25) is 11.8 Å². The summed E-state index contributed by atoms with van der Waals surface area (Å²) < 4.78 is 5.03. The molecule has 0 radical (unpaired) electrons. The number of aryl methyl sites for hydroxylation is 1. The molecule has 1 fully saturated rings. The molecule has 0 aliphatic carbocycles. The molecular formula is C20H26N6O2. The van der Waals surface area contributed by atoms with Gasteiger partial charge in [-0.2, -0.15) is 4.98 Å². The van der Waals surface area contributed by atoms with Gasteiger partial charge in [-0.3, -0.25) is 9.79 Å². The van der Waals surface area contributed by atoms with Gasteiger partial charge in [0.05, 0.1) is 6.54 Å². The van der Waals surface area contributed by atoms with Crippen LogP contribution in [-0.2, 0) is 11.3 Å². The van der Waals surface area contributed by atoms with E-state index < -0.39 is 0 Å². The highest BCUT2D eigenvalue weighted by Gasteiger charge is 2.32. The first-order chi connectivity index (χ1) is 13.7. The standard InChI is InChI=1S/C20H26N6O2/c1-14-23-18(24-28-14)12-22-20(21-2)26-13-15(16-6-3-4-7-17(16)26)9-11-25-10-5-8-19(25)27/h3-4,6-7,15H,5,8-13H2,1-2H3,(H,21,22). The van der Waals surface area contributed by atoms with Crippen molar-refractivity contribution in [1.29, 1.82) is 0 Å². The highest BCUT2D eigenvalue weighted by molar-refractivity contribution is 5.98. The van der Waals surface area contributed by atoms with Crippen LogP contribution in [0.1, 0.15) is 42.5 Å². The maximum Gasteiger partial charge on any atom is 0.223 e. The molecule has 1 amide bonds. The molecule has 1 aromatic carbocycles. The number of nitrogens with one attached hydrogen (secondary N) is 1. The van der Waals surface area contributed by atoms with Crippen LogP contribution in [0.15, 0.2) is 33.8 Å². The minimum Gasteiger partial charge on any atom is -0.349 e. The summed E-state index contributed by atoms with van der Waals surface area (Å²) >= 11 is 0. The highest BCUT2D eigenvalue weighted by Crippen LogP contribution is 2.38. The molecule has 2 aliphatic heterocycles. The topological polar surface area (TPSA) is 86.9 Å². The average molecular weight is 382 g/mol. The van der Waals surface area contributed by atoms with E-state index in [9.17, 15) is 4.79 Å². The Balaban J connectivity index is 1.45. The van der Waals surface area contributed by atoms with E-state index in [1.165, 1.54) is 5.56 Å². The van der Waals surface area contributed by atoms with E-state index in [2.05, 4.69) is 43.5 Å². The van der Waals surface area contributed by atoms with Crippen LogP contribution in [-0.4, -0.2) is 53.6 Å². The van der Waals surface area contributed by atoms with Crippen molar-refractivity contribution in [3.63, 3.8) is 0 Å². The molecule has 28 heavy (non-hydrogen) atoms. The quantitative estimate of drug-likeness (QED) is 0.629. The van der Waals surface area contributed by atoms with Crippen LogP contribution in [0.2, 0.25) is 0 Å². The van der Waals surface area contributed by atoms with Gasteiger partial charge in [0.15, 0.2) is 11.8 Å². The Morgan fingerprint density at radius 3 is 2.96 bits per heavy atom. The van der Waals surface area contributed by atoms with Crippen molar-refractivity contribution in [2.45, 2.75) is 38.6 Å². The molecule has 1 aromatic heterocycles. The molecule has 2 aliphatic rings. The van der Waals surface area contributed by atoms with Crippen molar-refractivity contribution in [1.82, 2.24) is 20.4 Å². The summed E-state index contributed by atoms with van der Waals surface area (Å²) in [4.78, 5) is 24.8. The number of aromatic nitrogens is 2. The van der Waals surface area contributed by atoms with Crippen LogP contribution in [0, 0.1) is 6.92 Å². The van der Waals surface area contributed by atoms with Crippen molar-refractivity contribution in [3.05, 3.63) is 41.5 Å². The van der Waals surface area contributed by atoms with Gasteiger partial charge in [0.1, 0.15) is 0 Å². The van der Waals surface area contributed by atoms with Gasteiger partial charge >= 0.3 is 0 Å². The summed E-state index contributed by atoms with van der Waals surface area (Å²) in [6.07, 6.45) is 2.64. The first-order valence-electron chi connectivity index (χ1n) is 9.80. The Bertz CT molecular complexity index is 877. The maximum atomic E-state index is 11.9. The number of carbonyl (C=O) groups is 1. The van der Waals surface area contributed by atoms with Crippen LogP contribution in [0.4, 0.5) is 5.69 Å². The van der Waals surface area contributed by atoms with Crippen LogP contribution >= 0.6 is 0 Å². The van der Waals surface area contributed by atoms with Crippen LogP contribution in [0.3, 0.4) is 0 Å². The fourth-order valence-electron chi connectivity index (χ4n) is 4.06. The normalized spacial score (nSPS) is 19.4. The number of benzene rings is 1. The van der Waals surface area contributed by atoms with Crippen molar-refractivity contribution in [2.75, 3.05) is 31.6 Å². The number of amides is 1. The largest absolute Gasteiger partial charge is 0.349 e. The molecule has 0 spiro atoms. The van der Waals surface area contributed by atoms with Gasteiger partial charge < -0.3 is 19.6 Å². The number of fused-ring (bicyclic) bond motifs is 1. The zero-order valence-corrected chi connectivity index (χ0v) is 16.4. The number of hydrogen-bond donors (Lipinski definition) is 1. The van der Waals surface area contributed by atoms with E-state index >= 15 is 0 Å². The number of aliphatic imine (C=N–C) groups is 1. The SMILES string of the molecule is CN=C(NCc1noc(C)n1)N1CC(CCN2CCCC2=O)c2ccccc21. The minimum atomic E-state index is 0.288. The van der Waals surface area contributed by atoms with Crippen molar-refractivity contribution in [2.24, 2.45) is 4.99 Å². The molecule has 148 valence electrons. The molecule has 1 N–H and O–H groups in total. The van der Waals surface area contributed by atoms with E-state index in [1.54, 1.807) is 14.0 Å². The van der Waals surface area contributed by atoms with Gasteiger partial charge in [-0.05, 0) is 24.5 Å². The summed E-state index contributed by atoms with van der Waals surface area (Å²) in [6, 6.07) is 8.44. The van der Waals surface area contributed by atoms with E-state index in [4.69, 9.17) is 4.52 Å². The fourth-order valence-corrected chi connectivity index (χ4v) is 4.06. The molecule has 1 unspecified atom stereocenters. The molecule has 8 nitrogen and oxygen atoms in total. The summed E-state index contributed by atoms with van der Waals surface area (Å²) in [6.45, 7) is 4.78. The number of likely N-dealkylation sites (tertiary alicyclic amines) is 1. The lowest BCUT2D eigenvalue weighted by Crippen LogP contribution is -2.41. The van der Waals surface area contributed by atoms with Crippen molar-refractivity contribution in [3.8, 4) is 0 Å². The van der Waals surface area contributed by atoms with E-state index in [1.807, 2.05) is 11.0 Å². The Labute approximate surface area is 164 Å². The lowest BCUT2D eigenvalue weighted by atomic mass is 9.98. The Morgan fingerprint density at radius 1 is 1.39 bits per heavy atom. The van der Waals surface area contributed by atoms with Crippen LogP contribution in [0.25, 0.3) is 0 Å². The third-order valence-electron chi connectivity index (χ3n) is 5.43. The maximum absolute atomic E-state index is 11.9. The molecule has 0 saturated carbocycles. The predicted octanol–water partition coefficient (Wildman–Crippen LogP) is 2.07. The molecule has 3 heterocycles. The second-order valence-corrected chi connectivity index (χ2v) is 7.27. The number of guanidine groups is 1. The lowest BCUT2D eigenvalue weighted by Gasteiger charge is -2.23. The molecule has 1 saturated heterocycles. The second-order valence-electron chi connectivity index (χ2n) is 7.27. The van der Waals surface area contributed by atoms with Gasteiger partial charge in [-0.15, -0.1) is 0 Å². The molecule has 1 atom stereocenters. The number of anilines is 1. The van der Waals surface area contributed by atoms with Crippen LogP contribution < -0.4 is 10.2 Å². The molecule has 4 rings (SSSR count). The number of para-hydroxylation sites is 1. The van der Waals surface area contributed by atoms with Gasteiger partial charge in [0.25, 0.3) is 0 Å². The average Bonchev–Trinajstić information content (AvgIpc) is 3.40. The van der Waals surface area contributed by atoms with Crippen molar-refractivity contribution < 1.29 is 9.32 Å². The lowest BCUT2D eigenvalue weighted by molar-refractivity contribution is -0.127. The number of hydrogen-bond acceptors (Lipinski definition) is 5. The summed E-state index contributed by atoms with van der Waals surface area (Å²) in [5, 5.41) is 7.26. The number of carbonyl (C=O) groups excluding carboxylic acids is 1. The Morgan fingerprint density at radius 2 is 2.25 bits per heavy atom. The molecule has 2 aromatic rings. The van der Waals surface area contributed by atoms with Crippen molar-refractivity contribution >= 4 is 17.6 Å². The van der Waals surface area contributed by atoms with E-state index in [0.29, 0.717) is 30.6 Å². The zero-order chi connectivity index (χ0) is 19.5. The minimum absolute atomic E-state index is 0.288. The molecule has 0 bridgehead atoms. The van der Waals surface area contributed by atoms with Gasteiger partial charge in [-0.1, -0.05) is 23.4 Å². The number of rotatable bonds is 5. The third-order valence-corrected chi connectivity index (χ3v) is 5.43. The van der Waals surface area contributed by atoms with E-state index in [-0.39, 0.29) is 5.91 Å². The third kappa shape index (κ3) is 3.72. The monoisotopic (exact) mass is 382 g/mol. The number of nitrogens with zero attached hydrogens (tertiary/aromatic N) is 5. The highest BCUT2D eigenvalue weighted by atomic mass is 16.5. The summed E-state index contributed by atoms with van der Waals surface area (Å²) in [5.74, 6) is 2.60. The zero-order valence-electron chi connectivity index (χ0n) is 16.4. The fraction of sp³-hybridized carbons (Fsp3) is 0.500. The summed E-state index contributed by atoms with van der Waals surface area (Å²) in [7, 11) is 1.78. The molecular weight excluding hydrogens is 356 g/mol. The van der Waals surface area contributed by atoms with Gasteiger partial charge in [-0.25, -0.2) is 0 Å². The van der Waals surface area contributed by atoms with E-state index in [0.717, 1.165) is 44.1 Å². The smallest absolute Gasteiger partial charge is 0.223 e. The predicted molar refractivity (Wildman–Crippen MR) is 106 cm³/mol.